The minimum Gasteiger partial charge on any atom is -0.444 e. The number of hydrogen-bond donors (Lipinski definition) is 0. The monoisotopic (exact) mass is 397 g/mol. The number of carbonyl (C=O) groups is 2. The summed E-state index contributed by atoms with van der Waals surface area (Å²) in [5.74, 6) is 0.00393. The van der Waals surface area contributed by atoms with Crippen molar-refractivity contribution in [2.24, 2.45) is 0 Å². The largest absolute Gasteiger partial charge is 0.444 e. The van der Waals surface area contributed by atoms with E-state index in [9.17, 15) is 9.59 Å². The van der Waals surface area contributed by atoms with Gasteiger partial charge in [-0.1, -0.05) is 24.8 Å². The SMILES string of the molecule is C=Cc1ccc2c(C(=O)N3CCN(C(=O)OC(C)(C)C)[C@@H](C)C3)cn(CC)c2c1. The molecule has 0 spiro atoms. The molecular formula is C23H31N3O3. The molecule has 0 N–H and O–H groups in total. The maximum atomic E-state index is 13.3. The van der Waals surface area contributed by atoms with E-state index in [1.807, 2.05) is 57.0 Å². The highest BCUT2D eigenvalue weighted by Gasteiger charge is 2.33. The lowest BCUT2D eigenvalue weighted by Gasteiger charge is -2.40. The Morgan fingerprint density at radius 2 is 2.00 bits per heavy atom. The molecule has 2 aromatic rings. The number of hydrogen-bond acceptors (Lipinski definition) is 3. The minimum absolute atomic E-state index is 0.00393. The van der Waals surface area contributed by atoms with Gasteiger partial charge in [0.15, 0.2) is 0 Å². The summed E-state index contributed by atoms with van der Waals surface area (Å²) in [6.07, 6.45) is 3.42. The zero-order valence-electron chi connectivity index (χ0n) is 18.1. The Morgan fingerprint density at radius 3 is 2.59 bits per heavy atom. The molecule has 0 radical (unpaired) electrons. The lowest BCUT2D eigenvalue weighted by atomic mass is 10.1. The van der Waals surface area contributed by atoms with E-state index < -0.39 is 5.60 Å². The Bertz CT molecular complexity index is 939. The Balaban J connectivity index is 1.80. The van der Waals surface area contributed by atoms with E-state index in [1.54, 1.807) is 4.90 Å². The van der Waals surface area contributed by atoms with E-state index in [0.29, 0.717) is 25.2 Å². The fourth-order valence-corrected chi connectivity index (χ4v) is 3.77. The highest BCUT2D eigenvalue weighted by molar-refractivity contribution is 6.07. The predicted molar refractivity (Wildman–Crippen MR) is 116 cm³/mol. The van der Waals surface area contributed by atoms with Crippen LogP contribution in [0.1, 0.15) is 50.5 Å². The van der Waals surface area contributed by atoms with Crippen molar-refractivity contribution in [3.05, 3.63) is 42.1 Å². The summed E-state index contributed by atoms with van der Waals surface area (Å²) in [4.78, 5) is 29.3. The maximum Gasteiger partial charge on any atom is 0.410 e. The highest BCUT2D eigenvalue weighted by atomic mass is 16.6. The number of fused-ring (bicyclic) bond motifs is 1. The Labute approximate surface area is 172 Å². The Kier molecular flexibility index (Phi) is 5.73. The number of piperazine rings is 1. The van der Waals surface area contributed by atoms with Gasteiger partial charge < -0.3 is 19.1 Å². The number of amides is 2. The summed E-state index contributed by atoms with van der Waals surface area (Å²) in [5, 5.41) is 0.949. The molecule has 1 saturated heterocycles. The van der Waals surface area contributed by atoms with Crippen LogP contribution in [0.4, 0.5) is 4.79 Å². The second-order valence-electron chi connectivity index (χ2n) is 8.58. The molecule has 6 nitrogen and oxygen atoms in total. The first-order valence-corrected chi connectivity index (χ1v) is 10.2. The molecule has 1 aliphatic rings. The van der Waals surface area contributed by atoms with Gasteiger partial charge in [0, 0.05) is 49.3 Å². The first-order valence-electron chi connectivity index (χ1n) is 10.2. The van der Waals surface area contributed by atoms with E-state index >= 15 is 0 Å². The lowest BCUT2D eigenvalue weighted by molar-refractivity contribution is 0.00201. The van der Waals surface area contributed by atoms with Gasteiger partial charge in [-0.25, -0.2) is 4.79 Å². The number of nitrogens with zero attached hydrogens (tertiary/aromatic N) is 3. The van der Waals surface area contributed by atoms with Crippen LogP contribution in [0.2, 0.25) is 0 Å². The van der Waals surface area contributed by atoms with Gasteiger partial charge in [-0.15, -0.1) is 0 Å². The number of ether oxygens (including phenoxy) is 1. The van der Waals surface area contributed by atoms with Gasteiger partial charge in [-0.05, 0) is 46.2 Å². The van der Waals surface area contributed by atoms with Gasteiger partial charge in [0.25, 0.3) is 5.91 Å². The molecule has 2 heterocycles. The second kappa shape index (κ2) is 7.93. The smallest absolute Gasteiger partial charge is 0.410 e. The molecule has 3 rings (SSSR count). The van der Waals surface area contributed by atoms with Crippen molar-refractivity contribution in [2.75, 3.05) is 19.6 Å². The van der Waals surface area contributed by atoms with Crippen molar-refractivity contribution in [3.63, 3.8) is 0 Å². The molecule has 6 heteroatoms. The molecule has 1 atom stereocenters. The Morgan fingerprint density at radius 1 is 1.28 bits per heavy atom. The van der Waals surface area contributed by atoms with Crippen LogP contribution in [0.15, 0.2) is 31.0 Å². The molecule has 0 aliphatic carbocycles. The third kappa shape index (κ3) is 4.31. The van der Waals surface area contributed by atoms with Crippen LogP contribution >= 0.6 is 0 Å². The van der Waals surface area contributed by atoms with Crippen molar-refractivity contribution < 1.29 is 14.3 Å². The van der Waals surface area contributed by atoms with Gasteiger partial charge >= 0.3 is 6.09 Å². The van der Waals surface area contributed by atoms with Crippen LogP contribution < -0.4 is 0 Å². The molecule has 1 aromatic carbocycles. The third-order valence-electron chi connectivity index (χ3n) is 5.26. The summed E-state index contributed by atoms with van der Waals surface area (Å²) in [6, 6.07) is 5.93. The summed E-state index contributed by atoms with van der Waals surface area (Å²) in [5.41, 5.74) is 2.24. The fraction of sp³-hybridized carbons (Fsp3) is 0.478. The summed E-state index contributed by atoms with van der Waals surface area (Å²) in [6.45, 7) is 15.7. The van der Waals surface area contributed by atoms with Crippen molar-refractivity contribution in [2.45, 2.75) is 52.8 Å². The summed E-state index contributed by atoms with van der Waals surface area (Å²) in [7, 11) is 0. The molecular weight excluding hydrogens is 366 g/mol. The predicted octanol–water partition coefficient (Wildman–Crippen LogP) is 4.39. The minimum atomic E-state index is -0.532. The van der Waals surface area contributed by atoms with Crippen LogP contribution in [0.25, 0.3) is 17.0 Å². The lowest BCUT2D eigenvalue weighted by Crippen LogP contribution is -2.56. The molecule has 0 saturated carbocycles. The van der Waals surface area contributed by atoms with E-state index in [1.165, 1.54) is 0 Å². The third-order valence-corrected chi connectivity index (χ3v) is 5.26. The van der Waals surface area contributed by atoms with Crippen molar-refractivity contribution in [3.8, 4) is 0 Å². The van der Waals surface area contributed by atoms with Crippen LogP contribution in [0.3, 0.4) is 0 Å². The van der Waals surface area contributed by atoms with Crippen molar-refractivity contribution in [1.82, 2.24) is 14.4 Å². The number of rotatable bonds is 3. The quantitative estimate of drug-likeness (QED) is 0.772. The average molecular weight is 398 g/mol. The van der Waals surface area contributed by atoms with Crippen LogP contribution in [0.5, 0.6) is 0 Å². The topological polar surface area (TPSA) is 54.8 Å². The van der Waals surface area contributed by atoms with Gasteiger partial charge in [-0.2, -0.15) is 0 Å². The summed E-state index contributed by atoms with van der Waals surface area (Å²) < 4.78 is 7.59. The fourth-order valence-electron chi connectivity index (χ4n) is 3.77. The van der Waals surface area contributed by atoms with Gasteiger partial charge in [0.1, 0.15) is 5.60 Å². The number of aryl methyl sites for hydroxylation is 1. The average Bonchev–Trinajstić information content (AvgIpc) is 3.03. The standard InChI is InChI=1S/C23H31N3O3/c1-7-17-9-10-18-19(15-24(8-2)20(18)13-17)21(27)25-11-12-26(16(3)14-25)22(28)29-23(4,5)6/h7,9-10,13,15-16H,1,8,11-12,14H2,2-6H3/t16-/m0/s1. The molecule has 2 amide bonds. The van der Waals surface area contributed by atoms with Crippen molar-refractivity contribution >= 4 is 29.0 Å². The van der Waals surface area contributed by atoms with E-state index in [4.69, 9.17) is 4.74 Å². The van der Waals surface area contributed by atoms with Crippen LogP contribution in [-0.4, -0.2) is 57.6 Å². The first kappa shape index (κ1) is 21.0. The molecule has 1 fully saturated rings. The number of benzene rings is 1. The first-order chi connectivity index (χ1) is 13.6. The van der Waals surface area contributed by atoms with Crippen LogP contribution in [0, 0.1) is 0 Å². The molecule has 156 valence electrons. The maximum absolute atomic E-state index is 13.3. The molecule has 29 heavy (non-hydrogen) atoms. The van der Waals surface area contributed by atoms with Gasteiger partial charge in [-0.3, -0.25) is 4.79 Å². The zero-order chi connectivity index (χ0) is 21.3. The van der Waals surface area contributed by atoms with Crippen molar-refractivity contribution in [1.29, 1.82) is 0 Å². The second-order valence-corrected chi connectivity index (χ2v) is 8.58. The molecule has 1 aromatic heterocycles. The van der Waals surface area contributed by atoms with E-state index in [2.05, 4.69) is 24.1 Å². The van der Waals surface area contributed by atoms with Gasteiger partial charge in [0.2, 0.25) is 0 Å². The normalized spacial score (nSPS) is 17.5. The zero-order valence-corrected chi connectivity index (χ0v) is 18.1. The number of carbonyl (C=O) groups excluding carboxylic acids is 2. The number of aromatic nitrogens is 1. The van der Waals surface area contributed by atoms with Gasteiger partial charge in [0.05, 0.1) is 5.56 Å². The Hall–Kier alpha value is -2.76. The molecule has 0 bridgehead atoms. The highest BCUT2D eigenvalue weighted by Crippen LogP contribution is 2.26. The van der Waals surface area contributed by atoms with Crippen LogP contribution in [-0.2, 0) is 11.3 Å². The van der Waals surface area contributed by atoms with E-state index in [-0.39, 0.29) is 18.0 Å². The molecule has 1 aliphatic heterocycles. The van der Waals surface area contributed by atoms with E-state index in [0.717, 1.165) is 23.0 Å². The summed E-state index contributed by atoms with van der Waals surface area (Å²) >= 11 is 0. The molecule has 0 unspecified atom stereocenters.